The summed E-state index contributed by atoms with van der Waals surface area (Å²) in [6.07, 6.45) is 1.90. The molecule has 1 saturated heterocycles. The minimum Gasteiger partial charge on any atom is -0.393 e. The van der Waals surface area contributed by atoms with Crippen molar-refractivity contribution in [2.24, 2.45) is 11.7 Å². The predicted octanol–water partition coefficient (Wildman–Crippen LogP) is 2.79. The molecule has 1 atom stereocenters. The molecule has 0 spiro atoms. The van der Waals surface area contributed by atoms with E-state index in [-0.39, 0.29) is 11.8 Å². The first-order chi connectivity index (χ1) is 8.99. The number of halogens is 1. The summed E-state index contributed by atoms with van der Waals surface area (Å²) in [7, 11) is 0. The van der Waals surface area contributed by atoms with Crippen molar-refractivity contribution in [1.29, 1.82) is 0 Å². The van der Waals surface area contributed by atoms with Gasteiger partial charge in [0.15, 0.2) is 0 Å². The molecule has 2 rings (SSSR count). The number of likely N-dealkylation sites (tertiary alicyclic amines) is 1. The lowest BCUT2D eigenvalue weighted by Crippen LogP contribution is -2.43. The van der Waals surface area contributed by atoms with Crippen LogP contribution in [0.25, 0.3) is 0 Å². The van der Waals surface area contributed by atoms with Gasteiger partial charge in [0, 0.05) is 29.6 Å². The van der Waals surface area contributed by atoms with Crippen LogP contribution in [-0.2, 0) is 0 Å². The molecule has 1 aromatic rings. The van der Waals surface area contributed by atoms with Gasteiger partial charge in [0.1, 0.15) is 0 Å². The molecule has 5 heteroatoms. The first-order valence-electron chi connectivity index (χ1n) is 6.34. The molecular weight excluding hydrogens is 280 g/mol. The number of nitrogens with zero attached hydrogens (tertiary/aromatic N) is 1. The Kier molecular flexibility index (Phi) is 4.42. The monoisotopic (exact) mass is 296 g/mol. The van der Waals surface area contributed by atoms with E-state index in [9.17, 15) is 4.79 Å². The minimum absolute atomic E-state index is 0.00264. The quantitative estimate of drug-likeness (QED) is 0.854. The van der Waals surface area contributed by atoms with Gasteiger partial charge in [-0.25, -0.2) is 0 Å². The number of benzene rings is 1. The van der Waals surface area contributed by atoms with Crippen LogP contribution < -0.4 is 5.73 Å². The number of aryl methyl sites for hydroxylation is 1. The average Bonchev–Trinajstić information content (AvgIpc) is 2.41. The van der Waals surface area contributed by atoms with Gasteiger partial charge in [-0.05, 0) is 37.5 Å². The van der Waals surface area contributed by atoms with E-state index in [2.05, 4.69) is 0 Å². The van der Waals surface area contributed by atoms with E-state index in [1.54, 1.807) is 6.07 Å². The highest BCUT2D eigenvalue weighted by Crippen LogP contribution is 2.21. The highest BCUT2D eigenvalue weighted by Gasteiger charge is 2.26. The normalized spacial score (nSPS) is 19.3. The molecule has 0 aliphatic carbocycles. The Hall–Kier alpha value is -1.13. The smallest absolute Gasteiger partial charge is 0.253 e. The van der Waals surface area contributed by atoms with Crippen molar-refractivity contribution in [1.82, 2.24) is 4.90 Å². The van der Waals surface area contributed by atoms with Gasteiger partial charge in [-0.1, -0.05) is 29.9 Å². The fourth-order valence-corrected chi connectivity index (χ4v) is 2.68. The molecule has 2 N–H and O–H groups in total. The molecule has 0 saturated carbocycles. The Morgan fingerprint density at radius 2 is 2.26 bits per heavy atom. The number of piperidine rings is 1. The number of amides is 1. The molecule has 1 aromatic carbocycles. The van der Waals surface area contributed by atoms with Crippen LogP contribution >= 0.6 is 23.8 Å². The zero-order valence-electron chi connectivity index (χ0n) is 10.9. The summed E-state index contributed by atoms with van der Waals surface area (Å²) in [5.74, 6) is 0.136. The third-order valence-corrected chi connectivity index (χ3v) is 4.27. The molecule has 1 aliphatic heterocycles. The van der Waals surface area contributed by atoms with Crippen LogP contribution in [0.1, 0.15) is 28.8 Å². The van der Waals surface area contributed by atoms with Gasteiger partial charge in [0.2, 0.25) is 0 Å². The zero-order chi connectivity index (χ0) is 14.0. The molecule has 1 unspecified atom stereocenters. The number of nitrogens with two attached hydrogens (primary N) is 1. The molecule has 1 fully saturated rings. The van der Waals surface area contributed by atoms with Gasteiger partial charge >= 0.3 is 0 Å². The molecular formula is C14H17ClN2OS. The van der Waals surface area contributed by atoms with Gasteiger partial charge in [-0.15, -0.1) is 0 Å². The topological polar surface area (TPSA) is 46.3 Å². The maximum absolute atomic E-state index is 12.4. The minimum atomic E-state index is 0.00264. The van der Waals surface area contributed by atoms with Gasteiger partial charge in [-0.2, -0.15) is 0 Å². The second-order valence-electron chi connectivity index (χ2n) is 4.96. The molecule has 102 valence electrons. The second-order valence-corrected chi connectivity index (χ2v) is 5.84. The first kappa shape index (κ1) is 14.3. The van der Waals surface area contributed by atoms with E-state index in [0.717, 1.165) is 24.9 Å². The summed E-state index contributed by atoms with van der Waals surface area (Å²) in [5.41, 5.74) is 7.28. The number of rotatable bonds is 2. The average molecular weight is 297 g/mol. The second kappa shape index (κ2) is 5.88. The summed E-state index contributed by atoms with van der Waals surface area (Å²) in [5, 5.41) is 0.619. The Morgan fingerprint density at radius 3 is 2.89 bits per heavy atom. The number of carbonyl (C=O) groups is 1. The molecule has 1 aliphatic rings. The number of thiocarbonyl (C=S) groups is 1. The molecule has 0 radical (unpaired) electrons. The predicted molar refractivity (Wildman–Crippen MR) is 81.6 cm³/mol. The number of carbonyl (C=O) groups excluding carboxylic acids is 1. The highest BCUT2D eigenvalue weighted by molar-refractivity contribution is 7.80. The maximum Gasteiger partial charge on any atom is 0.253 e. The van der Waals surface area contributed by atoms with Crippen LogP contribution in [0.5, 0.6) is 0 Å². The van der Waals surface area contributed by atoms with E-state index in [0.29, 0.717) is 22.1 Å². The third kappa shape index (κ3) is 3.25. The maximum atomic E-state index is 12.4. The summed E-state index contributed by atoms with van der Waals surface area (Å²) >= 11 is 11.1. The van der Waals surface area contributed by atoms with E-state index < -0.39 is 0 Å². The van der Waals surface area contributed by atoms with Crippen LogP contribution in [0.2, 0.25) is 5.02 Å². The van der Waals surface area contributed by atoms with Crippen molar-refractivity contribution in [2.45, 2.75) is 19.8 Å². The van der Waals surface area contributed by atoms with E-state index in [1.165, 1.54) is 0 Å². The Bertz CT molecular complexity index is 518. The van der Waals surface area contributed by atoms with Crippen molar-refractivity contribution < 1.29 is 4.79 Å². The molecule has 0 aromatic heterocycles. The van der Waals surface area contributed by atoms with E-state index >= 15 is 0 Å². The summed E-state index contributed by atoms with van der Waals surface area (Å²) in [6.45, 7) is 3.28. The van der Waals surface area contributed by atoms with Gasteiger partial charge in [0.05, 0.1) is 4.99 Å². The van der Waals surface area contributed by atoms with E-state index in [1.807, 2.05) is 24.0 Å². The van der Waals surface area contributed by atoms with Crippen LogP contribution in [0.4, 0.5) is 0 Å². The Morgan fingerprint density at radius 1 is 1.53 bits per heavy atom. The third-order valence-electron chi connectivity index (χ3n) is 3.53. The Balaban J connectivity index is 2.14. The summed E-state index contributed by atoms with van der Waals surface area (Å²) in [6, 6.07) is 5.40. The molecule has 0 bridgehead atoms. The van der Waals surface area contributed by atoms with Gasteiger partial charge in [-0.3, -0.25) is 4.79 Å². The summed E-state index contributed by atoms with van der Waals surface area (Å²) in [4.78, 5) is 14.7. The first-order valence-corrected chi connectivity index (χ1v) is 7.12. The standard InChI is InChI=1S/C14H17ClN2OS/c1-9-4-5-10(7-12(9)15)14(18)17-6-2-3-11(8-17)13(16)19/h4-5,7,11H,2-3,6,8H2,1H3,(H2,16,19). The largest absolute Gasteiger partial charge is 0.393 e. The van der Waals surface area contributed by atoms with Crippen molar-refractivity contribution in [3.05, 3.63) is 34.3 Å². The SMILES string of the molecule is Cc1ccc(C(=O)N2CCCC(C(N)=S)C2)cc1Cl. The van der Waals surface area contributed by atoms with Crippen LogP contribution in [0, 0.1) is 12.8 Å². The lowest BCUT2D eigenvalue weighted by molar-refractivity contribution is 0.0703. The van der Waals surface area contributed by atoms with Crippen LogP contribution in [0.15, 0.2) is 18.2 Å². The number of hydrogen-bond donors (Lipinski definition) is 1. The van der Waals surface area contributed by atoms with E-state index in [4.69, 9.17) is 29.6 Å². The fraction of sp³-hybridized carbons (Fsp3) is 0.429. The number of hydrogen-bond acceptors (Lipinski definition) is 2. The van der Waals surface area contributed by atoms with Crippen LogP contribution in [0.3, 0.4) is 0 Å². The molecule has 1 amide bonds. The van der Waals surface area contributed by atoms with Gasteiger partial charge in [0.25, 0.3) is 5.91 Å². The van der Waals surface area contributed by atoms with Crippen molar-refractivity contribution in [2.75, 3.05) is 13.1 Å². The molecule has 3 nitrogen and oxygen atoms in total. The molecule has 1 heterocycles. The lowest BCUT2D eigenvalue weighted by Gasteiger charge is -2.32. The van der Waals surface area contributed by atoms with Crippen molar-refractivity contribution >= 4 is 34.7 Å². The van der Waals surface area contributed by atoms with Crippen molar-refractivity contribution in [3.8, 4) is 0 Å². The summed E-state index contributed by atoms with van der Waals surface area (Å²) < 4.78 is 0. The lowest BCUT2D eigenvalue weighted by atomic mass is 9.97. The Labute approximate surface area is 123 Å². The zero-order valence-corrected chi connectivity index (χ0v) is 12.4. The highest BCUT2D eigenvalue weighted by atomic mass is 35.5. The fourth-order valence-electron chi connectivity index (χ4n) is 2.30. The molecule has 19 heavy (non-hydrogen) atoms. The van der Waals surface area contributed by atoms with Crippen LogP contribution in [-0.4, -0.2) is 28.9 Å². The van der Waals surface area contributed by atoms with Gasteiger partial charge < -0.3 is 10.6 Å². The van der Waals surface area contributed by atoms with Crippen molar-refractivity contribution in [3.63, 3.8) is 0 Å².